The Morgan fingerprint density at radius 1 is 0.255 bits per heavy atom. The first-order valence-corrected chi connectivity index (χ1v) is 19.3. The molecule has 10 aromatic rings. The van der Waals surface area contributed by atoms with Gasteiger partial charge in [-0.25, -0.2) is 15.0 Å². The van der Waals surface area contributed by atoms with Gasteiger partial charge < -0.3 is 0 Å². The number of fused-ring (bicyclic) bond motifs is 3. The van der Waals surface area contributed by atoms with Gasteiger partial charge in [-0.1, -0.05) is 176 Å². The second kappa shape index (κ2) is 14.1. The molecule has 0 radical (unpaired) electrons. The van der Waals surface area contributed by atoms with Crippen LogP contribution in [0.2, 0.25) is 0 Å². The third kappa shape index (κ3) is 6.29. The predicted octanol–water partition coefficient (Wildman–Crippen LogP) is 13.9. The van der Waals surface area contributed by atoms with Crippen LogP contribution in [-0.2, 0) is 0 Å². The largest absolute Gasteiger partial charge is 0.208 e. The number of hydrogen-bond acceptors (Lipinski definition) is 4. The molecule has 55 heavy (non-hydrogen) atoms. The van der Waals surface area contributed by atoms with Gasteiger partial charge in [0.25, 0.3) is 0 Å². The molecule has 258 valence electrons. The molecule has 0 fully saturated rings. The summed E-state index contributed by atoms with van der Waals surface area (Å²) in [5.41, 5.74) is 12.2. The first-order chi connectivity index (χ1) is 27.2. The van der Waals surface area contributed by atoms with Crippen LogP contribution >= 0.6 is 11.3 Å². The van der Waals surface area contributed by atoms with Crippen molar-refractivity contribution in [2.75, 3.05) is 0 Å². The van der Waals surface area contributed by atoms with Crippen LogP contribution < -0.4 is 0 Å². The highest BCUT2D eigenvalue weighted by atomic mass is 32.1. The quantitative estimate of drug-likeness (QED) is 0.165. The lowest BCUT2D eigenvalue weighted by molar-refractivity contribution is 1.07. The van der Waals surface area contributed by atoms with Crippen LogP contribution in [0.3, 0.4) is 0 Å². The first kappa shape index (κ1) is 32.6. The van der Waals surface area contributed by atoms with Crippen LogP contribution in [-0.4, -0.2) is 15.0 Å². The number of thiophene rings is 1. The Labute approximate surface area is 323 Å². The molecule has 0 amide bonds. The van der Waals surface area contributed by atoms with E-state index in [-0.39, 0.29) is 0 Å². The van der Waals surface area contributed by atoms with Crippen LogP contribution in [0.4, 0.5) is 0 Å². The average molecular weight is 720 g/mol. The maximum atomic E-state index is 5.16. The van der Waals surface area contributed by atoms with Gasteiger partial charge in [-0.15, -0.1) is 11.3 Å². The molecule has 0 aliphatic heterocycles. The summed E-state index contributed by atoms with van der Waals surface area (Å²) < 4.78 is 2.55. The van der Waals surface area contributed by atoms with E-state index >= 15 is 0 Å². The molecule has 0 atom stereocenters. The van der Waals surface area contributed by atoms with Crippen molar-refractivity contribution in [3.05, 3.63) is 200 Å². The summed E-state index contributed by atoms with van der Waals surface area (Å²) in [5, 5.41) is 2.53. The molecule has 0 saturated heterocycles. The molecule has 2 heterocycles. The fraction of sp³-hybridized carbons (Fsp3) is 0. The summed E-state index contributed by atoms with van der Waals surface area (Å²) >= 11 is 1.87. The average Bonchev–Trinajstić information content (AvgIpc) is 3.67. The van der Waals surface area contributed by atoms with Crippen molar-refractivity contribution in [3.8, 4) is 78.7 Å². The van der Waals surface area contributed by atoms with E-state index in [2.05, 4.69) is 164 Å². The zero-order valence-electron chi connectivity index (χ0n) is 29.8. The zero-order valence-corrected chi connectivity index (χ0v) is 30.6. The minimum atomic E-state index is 0.630. The van der Waals surface area contributed by atoms with Gasteiger partial charge in [0.2, 0.25) is 0 Å². The van der Waals surface area contributed by atoms with E-state index in [1.54, 1.807) is 0 Å². The molecule has 0 N–H and O–H groups in total. The predicted molar refractivity (Wildman–Crippen MR) is 231 cm³/mol. The third-order valence-corrected chi connectivity index (χ3v) is 11.4. The van der Waals surface area contributed by atoms with Crippen molar-refractivity contribution in [2.45, 2.75) is 0 Å². The topological polar surface area (TPSA) is 38.7 Å². The van der Waals surface area contributed by atoms with E-state index in [4.69, 9.17) is 15.0 Å². The molecule has 0 saturated carbocycles. The summed E-state index contributed by atoms with van der Waals surface area (Å²) in [6, 6.07) is 70.5. The van der Waals surface area contributed by atoms with Crippen molar-refractivity contribution in [1.29, 1.82) is 0 Å². The summed E-state index contributed by atoms with van der Waals surface area (Å²) in [6.45, 7) is 0. The molecular formula is C51H33N3S. The second-order valence-electron chi connectivity index (χ2n) is 13.6. The number of nitrogens with zero attached hydrogens (tertiary/aromatic N) is 3. The molecule has 8 aromatic carbocycles. The number of benzene rings is 8. The molecular weight excluding hydrogens is 687 g/mol. The Kier molecular flexibility index (Phi) is 8.36. The molecule has 0 aliphatic carbocycles. The lowest BCUT2D eigenvalue weighted by Crippen LogP contribution is -2.00. The molecule has 0 spiro atoms. The van der Waals surface area contributed by atoms with Crippen molar-refractivity contribution in [2.24, 2.45) is 0 Å². The zero-order chi connectivity index (χ0) is 36.6. The van der Waals surface area contributed by atoms with Crippen molar-refractivity contribution >= 4 is 31.5 Å². The van der Waals surface area contributed by atoms with Gasteiger partial charge in [-0.3, -0.25) is 0 Å². The van der Waals surface area contributed by atoms with Crippen LogP contribution in [0.1, 0.15) is 0 Å². The molecule has 2 aromatic heterocycles. The van der Waals surface area contributed by atoms with Crippen molar-refractivity contribution in [3.63, 3.8) is 0 Å². The van der Waals surface area contributed by atoms with E-state index in [1.165, 1.54) is 48.0 Å². The molecule has 3 nitrogen and oxygen atoms in total. The second-order valence-corrected chi connectivity index (χ2v) is 14.6. The van der Waals surface area contributed by atoms with E-state index in [0.29, 0.717) is 17.5 Å². The number of hydrogen-bond donors (Lipinski definition) is 0. The van der Waals surface area contributed by atoms with E-state index < -0.39 is 0 Å². The van der Waals surface area contributed by atoms with Crippen LogP contribution in [0.5, 0.6) is 0 Å². The summed E-state index contributed by atoms with van der Waals surface area (Å²) in [4.78, 5) is 15.3. The Hall–Kier alpha value is -7.01. The van der Waals surface area contributed by atoms with Crippen molar-refractivity contribution in [1.82, 2.24) is 15.0 Å². The normalized spacial score (nSPS) is 11.3. The monoisotopic (exact) mass is 719 g/mol. The smallest absolute Gasteiger partial charge is 0.164 e. The minimum Gasteiger partial charge on any atom is -0.208 e. The van der Waals surface area contributed by atoms with Gasteiger partial charge >= 0.3 is 0 Å². The third-order valence-electron chi connectivity index (χ3n) is 10.1. The SMILES string of the molecule is c1ccc(-c2cccc(-c3cc(-c4nc(-c5ccccc5)nc(-c5ccccc5)n4)cc(-c4cccc5c4sc4c(-c6ccccc6)cccc45)c3)c2)cc1. The maximum absolute atomic E-state index is 5.16. The molecule has 0 aliphatic rings. The van der Waals surface area contributed by atoms with Gasteiger partial charge in [-0.2, -0.15) is 0 Å². The summed E-state index contributed by atoms with van der Waals surface area (Å²) in [6.07, 6.45) is 0. The van der Waals surface area contributed by atoms with Crippen LogP contribution in [0, 0.1) is 0 Å². The van der Waals surface area contributed by atoms with Gasteiger partial charge in [0.15, 0.2) is 17.5 Å². The van der Waals surface area contributed by atoms with E-state index in [9.17, 15) is 0 Å². The van der Waals surface area contributed by atoms with E-state index in [0.717, 1.165) is 33.4 Å². The first-order valence-electron chi connectivity index (χ1n) is 18.4. The lowest BCUT2D eigenvalue weighted by Gasteiger charge is -2.13. The number of rotatable bonds is 7. The fourth-order valence-corrected chi connectivity index (χ4v) is 8.79. The minimum absolute atomic E-state index is 0.630. The van der Waals surface area contributed by atoms with E-state index in [1.807, 2.05) is 47.7 Å². The Morgan fingerprint density at radius 3 is 1.16 bits per heavy atom. The van der Waals surface area contributed by atoms with Crippen LogP contribution in [0.25, 0.3) is 98.8 Å². The summed E-state index contributed by atoms with van der Waals surface area (Å²) in [5.74, 6) is 1.91. The van der Waals surface area contributed by atoms with Gasteiger partial charge in [0, 0.05) is 36.9 Å². The van der Waals surface area contributed by atoms with Gasteiger partial charge in [-0.05, 0) is 68.8 Å². The fourth-order valence-electron chi connectivity index (χ4n) is 7.42. The molecule has 4 heteroatoms. The van der Waals surface area contributed by atoms with Crippen molar-refractivity contribution < 1.29 is 0 Å². The summed E-state index contributed by atoms with van der Waals surface area (Å²) in [7, 11) is 0. The molecule has 0 bridgehead atoms. The highest BCUT2D eigenvalue weighted by molar-refractivity contribution is 7.26. The Morgan fingerprint density at radius 2 is 0.618 bits per heavy atom. The molecule has 0 unspecified atom stereocenters. The highest BCUT2D eigenvalue weighted by Crippen LogP contribution is 2.45. The standard InChI is InChI=1S/C51H33N3S/c1-5-16-34(17-6-1)38-24-13-25-39(30-38)40-31-41(44-27-15-29-46-45-28-14-26-43(47(45)55-48(44)46)35-18-7-2-8-19-35)33-42(32-40)51-53-49(36-20-9-3-10-21-36)52-50(54-51)37-22-11-4-12-23-37/h1-33H. The Bertz CT molecular complexity index is 2900. The lowest BCUT2D eigenvalue weighted by atomic mass is 9.93. The maximum Gasteiger partial charge on any atom is 0.164 e. The van der Waals surface area contributed by atoms with Crippen LogP contribution in [0.15, 0.2) is 200 Å². The van der Waals surface area contributed by atoms with Gasteiger partial charge in [0.05, 0.1) is 0 Å². The molecule has 10 rings (SSSR count). The Balaban J connectivity index is 1.21. The number of aromatic nitrogens is 3. The highest BCUT2D eigenvalue weighted by Gasteiger charge is 2.18. The van der Waals surface area contributed by atoms with Gasteiger partial charge in [0.1, 0.15) is 0 Å².